The zero-order valence-corrected chi connectivity index (χ0v) is 28.7. The molecule has 0 aliphatic heterocycles. The van der Waals surface area contributed by atoms with Gasteiger partial charge in [0.05, 0.1) is 30.3 Å². The molecule has 0 atom stereocenters. The minimum Gasteiger partial charge on any atom is -0.415 e. The zero-order chi connectivity index (χ0) is 35.7. The molecule has 0 amide bonds. The molecule has 1 N–H and O–H groups in total. The summed E-state index contributed by atoms with van der Waals surface area (Å²) in [5.74, 6) is -2.05. The number of aromatic amines is 1. The number of Topliss-reactive ketones (excluding diaryl/α,β-unsaturated/α-hetero) is 2. The van der Waals surface area contributed by atoms with Crippen molar-refractivity contribution in [3.63, 3.8) is 0 Å². The Morgan fingerprint density at radius 2 is 1.33 bits per heavy atom. The van der Waals surface area contributed by atoms with Gasteiger partial charge in [0.2, 0.25) is 17.3 Å². The molecule has 0 aliphatic carbocycles. The fourth-order valence-electron chi connectivity index (χ4n) is 3.45. The number of carbonyl (C=O) groups excluding carboxylic acids is 2. The van der Waals surface area contributed by atoms with Gasteiger partial charge in [0.25, 0.3) is 17.3 Å². The largest absolute Gasteiger partial charge is 0.415 e. The molecular weight excluding hydrogens is 807 g/mol. The number of hydrogen-bond acceptors (Lipinski definition) is 12. The normalized spacial score (nSPS) is 10.8. The number of carbonyl (C=O) groups is 2. The Morgan fingerprint density at radius 1 is 0.796 bits per heavy atom. The predicted octanol–water partition coefficient (Wildman–Crippen LogP) is 7.78. The fourth-order valence-corrected chi connectivity index (χ4v) is 5.90. The maximum atomic E-state index is 12.4. The van der Waals surface area contributed by atoms with Crippen LogP contribution in [-0.4, -0.2) is 46.8 Å². The van der Waals surface area contributed by atoms with Crippen molar-refractivity contribution in [2.75, 3.05) is 5.33 Å². The third kappa shape index (κ3) is 10.6. The number of pyridine rings is 2. The molecule has 0 unspecified atom stereocenters. The van der Waals surface area contributed by atoms with Crippen LogP contribution in [0.25, 0.3) is 22.9 Å². The molecule has 0 aromatic carbocycles. The van der Waals surface area contributed by atoms with Crippen LogP contribution >= 0.6 is 61.8 Å². The molecule has 0 spiro atoms. The number of nitrogens with one attached hydrogen (secondary N) is 1. The Hall–Kier alpha value is -4.30. The molecule has 0 radical (unpaired) electrons. The average Bonchev–Trinajstić information content (AvgIpc) is 3.90. The van der Waals surface area contributed by atoms with Crippen molar-refractivity contribution in [1.82, 2.24) is 29.9 Å². The van der Waals surface area contributed by atoms with Gasteiger partial charge >= 0.3 is 12.9 Å². The van der Waals surface area contributed by atoms with Gasteiger partial charge in [-0.15, -0.1) is 43.1 Å². The highest BCUT2D eigenvalue weighted by molar-refractivity contribution is 9.09. The van der Waals surface area contributed by atoms with Gasteiger partial charge < -0.3 is 18.4 Å². The minimum atomic E-state index is -2.89. The molecule has 21 heteroatoms. The fraction of sp³-hybridized carbons (Fsp3) is 0.143. The lowest BCUT2D eigenvalue weighted by Gasteiger charge is -2.04. The van der Waals surface area contributed by atoms with Gasteiger partial charge in [0.1, 0.15) is 0 Å². The van der Waals surface area contributed by atoms with Gasteiger partial charge in [0.15, 0.2) is 11.6 Å². The predicted molar refractivity (Wildman–Crippen MR) is 175 cm³/mol. The Morgan fingerprint density at radius 3 is 1.76 bits per heavy atom. The molecule has 6 aromatic rings. The second kappa shape index (κ2) is 17.4. The van der Waals surface area contributed by atoms with Crippen LogP contribution in [-0.2, 0) is 6.54 Å². The number of hydrogen-bond donors (Lipinski definition) is 1. The van der Waals surface area contributed by atoms with Crippen LogP contribution < -0.4 is 11.1 Å². The smallest absolute Gasteiger partial charge is 0.314 e. The molecule has 6 heterocycles. The summed E-state index contributed by atoms with van der Waals surface area (Å²) in [4.78, 5) is 49.5. The molecule has 6 aromatic heterocycles. The number of H-pyrrole nitrogens is 1. The summed E-state index contributed by atoms with van der Waals surface area (Å²) in [5.41, 5.74) is -0.370. The van der Waals surface area contributed by atoms with E-state index in [1.54, 1.807) is 24.3 Å². The first kappa shape index (κ1) is 37.5. The van der Waals surface area contributed by atoms with Crippen LogP contribution in [0.4, 0.5) is 17.6 Å². The van der Waals surface area contributed by atoms with E-state index in [2.05, 4.69) is 45.7 Å². The molecule has 0 bridgehead atoms. The van der Waals surface area contributed by atoms with Crippen molar-refractivity contribution in [2.24, 2.45) is 0 Å². The summed E-state index contributed by atoms with van der Waals surface area (Å²) in [6.45, 7) is -0.165. The molecule has 0 saturated heterocycles. The van der Waals surface area contributed by atoms with E-state index >= 15 is 0 Å². The van der Waals surface area contributed by atoms with E-state index in [1.165, 1.54) is 46.5 Å². The first-order valence-electron chi connectivity index (χ1n) is 13.1. The number of ketones is 2. The summed E-state index contributed by atoms with van der Waals surface area (Å²) >= 11 is 16.9. The molecule has 6 rings (SSSR count). The second-order valence-corrected chi connectivity index (χ2v) is 13.0. The summed E-state index contributed by atoms with van der Waals surface area (Å²) in [6.07, 6.45) is -2.98. The van der Waals surface area contributed by atoms with Crippen LogP contribution in [0.15, 0.2) is 79.3 Å². The summed E-state index contributed by atoms with van der Waals surface area (Å²) < 4.78 is 60.9. The number of halogens is 7. The van der Waals surface area contributed by atoms with Gasteiger partial charge in [-0.2, -0.15) is 17.6 Å². The van der Waals surface area contributed by atoms with E-state index in [9.17, 15) is 36.7 Å². The van der Waals surface area contributed by atoms with Crippen molar-refractivity contribution >= 4 is 73.4 Å². The van der Waals surface area contributed by atoms with E-state index in [1.807, 2.05) is 0 Å². The van der Waals surface area contributed by atoms with Gasteiger partial charge in [-0.1, -0.05) is 39.1 Å². The van der Waals surface area contributed by atoms with Crippen LogP contribution in [0, 0.1) is 0 Å². The van der Waals surface area contributed by atoms with Gasteiger partial charge in [0, 0.05) is 35.7 Å². The lowest BCUT2D eigenvalue weighted by atomic mass is 10.2. The van der Waals surface area contributed by atoms with E-state index in [0.29, 0.717) is 29.3 Å². The van der Waals surface area contributed by atoms with Gasteiger partial charge in [-0.05, 0) is 36.4 Å². The minimum absolute atomic E-state index is 0.0805. The Kier molecular flexibility index (Phi) is 13.3. The van der Waals surface area contributed by atoms with Gasteiger partial charge in [-0.25, -0.2) is 0 Å². The molecule has 0 fully saturated rings. The standard InChI is InChI=1S/C14H8ClF2N3O3S.C8H5F2N3O2.C6H4BrClOS/c15-10-2-1-9(24-10)8(21)6-20-4-3-7(5-11(20)22)13-18-19-14(23-13)12(16)17;9-6(10)8-13-12-7(15-8)4-1-2-11-5(14)3-4;7-3-4(9)5-1-2-6(8)10-5/h1-5,12H,6H2;1-3,6H,(H,11,14);1-2H,3H2. The number of rotatable bonds is 9. The highest BCUT2D eigenvalue weighted by Gasteiger charge is 2.19. The van der Waals surface area contributed by atoms with E-state index in [4.69, 9.17) is 27.6 Å². The van der Waals surface area contributed by atoms with E-state index < -0.39 is 30.2 Å². The summed E-state index contributed by atoms with van der Waals surface area (Å²) in [5, 5.41) is 13.6. The maximum Gasteiger partial charge on any atom is 0.314 e. The SMILES string of the molecule is O=C(CBr)c1ccc(Cl)s1.O=C(Cn1ccc(-c2nnc(C(F)F)o2)cc1=O)c1ccc(Cl)s1.O=c1cc(-c2nnc(C(F)F)o2)cc[nH]1. The first-order valence-corrected chi connectivity index (χ1v) is 16.6. The highest BCUT2D eigenvalue weighted by Crippen LogP contribution is 2.25. The molecular formula is C28H17BrCl2F4N6O6S2. The average molecular weight is 824 g/mol. The molecule has 12 nitrogen and oxygen atoms in total. The van der Waals surface area contributed by atoms with E-state index in [-0.39, 0.29) is 41.0 Å². The van der Waals surface area contributed by atoms with Crippen molar-refractivity contribution in [3.05, 3.63) is 112 Å². The lowest BCUT2D eigenvalue weighted by molar-refractivity contribution is 0.0973. The van der Waals surface area contributed by atoms with Gasteiger partial charge in [-0.3, -0.25) is 19.2 Å². The lowest BCUT2D eigenvalue weighted by Crippen LogP contribution is -2.22. The van der Waals surface area contributed by atoms with Crippen molar-refractivity contribution in [1.29, 1.82) is 0 Å². The van der Waals surface area contributed by atoms with Crippen LogP contribution in [0.5, 0.6) is 0 Å². The Balaban J connectivity index is 0.000000184. The summed E-state index contributed by atoms with van der Waals surface area (Å²) in [6, 6.07) is 11.9. The van der Waals surface area contributed by atoms with Crippen molar-refractivity contribution in [3.8, 4) is 22.9 Å². The van der Waals surface area contributed by atoms with Crippen molar-refractivity contribution in [2.45, 2.75) is 19.4 Å². The van der Waals surface area contributed by atoms with E-state index in [0.717, 1.165) is 17.4 Å². The molecule has 0 saturated carbocycles. The summed E-state index contributed by atoms with van der Waals surface area (Å²) in [7, 11) is 0. The molecule has 49 heavy (non-hydrogen) atoms. The number of thiophene rings is 2. The monoisotopic (exact) mass is 822 g/mol. The first-order chi connectivity index (χ1) is 23.3. The van der Waals surface area contributed by atoms with Crippen LogP contribution in [0.2, 0.25) is 8.67 Å². The number of aromatic nitrogens is 6. The number of alkyl halides is 5. The van der Waals surface area contributed by atoms with Crippen molar-refractivity contribution < 1.29 is 36.0 Å². The maximum absolute atomic E-state index is 12.4. The zero-order valence-electron chi connectivity index (χ0n) is 24.0. The third-order valence-corrected chi connectivity index (χ3v) is 8.70. The Bertz CT molecular complexity index is 2170. The highest BCUT2D eigenvalue weighted by atomic mass is 79.9. The molecule has 0 aliphatic rings. The topological polar surface area (TPSA) is 167 Å². The number of nitrogens with zero attached hydrogens (tertiary/aromatic N) is 5. The third-order valence-electron chi connectivity index (χ3n) is 5.65. The second-order valence-electron chi connectivity index (χ2n) is 9.00. The van der Waals surface area contributed by atoms with Crippen LogP contribution in [0.3, 0.4) is 0 Å². The quantitative estimate of drug-likeness (QED) is 0.0865. The molecule has 256 valence electrons. The Labute approximate surface area is 297 Å². The van der Waals surface area contributed by atoms with Crippen LogP contribution in [0.1, 0.15) is 44.0 Å².